The minimum absolute atomic E-state index is 0.136. The summed E-state index contributed by atoms with van der Waals surface area (Å²) in [6, 6.07) is 0. The fourth-order valence-electron chi connectivity index (χ4n) is 1.23. The first-order valence-electron chi connectivity index (χ1n) is 3.89. The molecule has 0 atom stereocenters. The molecule has 1 aliphatic heterocycles. The summed E-state index contributed by atoms with van der Waals surface area (Å²) in [5.74, 6) is 0.732. The van der Waals surface area contributed by atoms with E-state index in [1.807, 2.05) is 9.80 Å². The van der Waals surface area contributed by atoms with Crippen molar-refractivity contribution in [2.45, 2.75) is 0 Å². The molecule has 0 aromatic rings. The predicted molar refractivity (Wildman–Crippen MR) is 48.4 cm³/mol. The van der Waals surface area contributed by atoms with Crippen LogP contribution in [0.3, 0.4) is 0 Å². The maximum atomic E-state index is 7.19. The second kappa shape index (κ2) is 3.34. The zero-order chi connectivity index (χ0) is 9.14. The first kappa shape index (κ1) is 8.70. The Kier molecular flexibility index (Phi) is 2.42. The molecule has 12 heavy (non-hydrogen) atoms. The lowest BCUT2D eigenvalue weighted by Gasteiger charge is -2.35. The molecule has 1 rings (SSSR count). The van der Waals surface area contributed by atoms with E-state index in [0.29, 0.717) is 5.82 Å². The number of guanidine groups is 1. The highest BCUT2D eigenvalue weighted by molar-refractivity contribution is 5.74. The minimum Gasteiger partial charge on any atom is -0.386 e. The maximum absolute atomic E-state index is 7.19. The number of nitrogens with zero attached hydrogens (tertiary/aromatic N) is 2. The average Bonchev–Trinajstić information content (AvgIpc) is 2.04. The highest BCUT2D eigenvalue weighted by Gasteiger charge is 2.16. The molecule has 0 amide bonds. The maximum Gasteiger partial charge on any atom is 0.188 e. The molecule has 5 nitrogen and oxygen atoms in total. The monoisotopic (exact) mass is 169 g/mol. The Morgan fingerprint density at radius 2 is 1.50 bits per heavy atom. The van der Waals surface area contributed by atoms with E-state index in [1.54, 1.807) is 0 Å². The molecule has 0 aromatic heterocycles. The van der Waals surface area contributed by atoms with Crippen LogP contribution in [0.5, 0.6) is 0 Å². The second-order valence-electron chi connectivity index (χ2n) is 2.85. The van der Waals surface area contributed by atoms with Gasteiger partial charge in [0.05, 0.1) is 5.82 Å². The van der Waals surface area contributed by atoms with E-state index in [1.165, 1.54) is 0 Å². The van der Waals surface area contributed by atoms with E-state index in [-0.39, 0.29) is 5.96 Å². The van der Waals surface area contributed by atoms with Gasteiger partial charge < -0.3 is 21.3 Å². The van der Waals surface area contributed by atoms with Gasteiger partial charge in [-0.05, 0) is 0 Å². The van der Waals surface area contributed by atoms with E-state index in [4.69, 9.17) is 16.9 Å². The smallest absolute Gasteiger partial charge is 0.188 e. The zero-order valence-corrected chi connectivity index (χ0v) is 7.08. The summed E-state index contributed by atoms with van der Waals surface area (Å²) < 4.78 is 0. The summed E-state index contributed by atoms with van der Waals surface area (Å²) in [6.45, 7) is 6.76. The normalized spacial score (nSPS) is 17.7. The van der Waals surface area contributed by atoms with Crippen LogP contribution < -0.4 is 11.5 Å². The summed E-state index contributed by atoms with van der Waals surface area (Å²) in [5.41, 5.74) is 10.8. The highest BCUT2D eigenvalue weighted by Crippen LogP contribution is 2.02. The summed E-state index contributed by atoms with van der Waals surface area (Å²) in [6.07, 6.45) is 0. The molecule has 0 aliphatic carbocycles. The van der Waals surface area contributed by atoms with Crippen molar-refractivity contribution in [2.24, 2.45) is 11.5 Å². The van der Waals surface area contributed by atoms with Gasteiger partial charge in [-0.3, -0.25) is 5.41 Å². The van der Waals surface area contributed by atoms with Crippen molar-refractivity contribution in [1.82, 2.24) is 9.80 Å². The van der Waals surface area contributed by atoms with Crippen LogP contribution in [-0.4, -0.2) is 41.9 Å². The van der Waals surface area contributed by atoms with E-state index in [2.05, 4.69) is 6.58 Å². The van der Waals surface area contributed by atoms with Gasteiger partial charge in [0.2, 0.25) is 0 Å². The van der Waals surface area contributed by atoms with Crippen LogP contribution in [0.25, 0.3) is 0 Å². The van der Waals surface area contributed by atoms with Crippen LogP contribution in [0.15, 0.2) is 12.4 Å². The molecule has 0 saturated carbocycles. The molecule has 1 fully saturated rings. The van der Waals surface area contributed by atoms with Crippen molar-refractivity contribution in [3.8, 4) is 0 Å². The molecule has 0 spiro atoms. The summed E-state index contributed by atoms with van der Waals surface area (Å²) in [5, 5.41) is 7.19. The van der Waals surface area contributed by atoms with E-state index < -0.39 is 0 Å². The number of hydrogen-bond donors (Lipinski definition) is 3. The number of rotatable bonds is 1. The Morgan fingerprint density at radius 3 is 1.83 bits per heavy atom. The quantitative estimate of drug-likeness (QED) is 0.345. The van der Waals surface area contributed by atoms with Gasteiger partial charge in [0.15, 0.2) is 5.96 Å². The molecule has 0 bridgehead atoms. The van der Waals surface area contributed by atoms with Gasteiger partial charge in [-0.1, -0.05) is 6.58 Å². The molecule has 1 heterocycles. The third kappa shape index (κ3) is 1.81. The Morgan fingerprint density at radius 1 is 1.08 bits per heavy atom. The first-order valence-corrected chi connectivity index (χ1v) is 3.89. The molecule has 0 unspecified atom stereocenters. The Balaban J connectivity index is 2.39. The van der Waals surface area contributed by atoms with Crippen molar-refractivity contribution in [2.75, 3.05) is 26.2 Å². The third-order valence-electron chi connectivity index (χ3n) is 2.03. The second-order valence-corrected chi connectivity index (χ2v) is 2.85. The number of nitrogens with one attached hydrogen (secondary N) is 1. The van der Waals surface area contributed by atoms with Crippen LogP contribution in [0.1, 0.15) is 0 Å². The summed E-state index contributed by atoms with van der Waals surface area (Å²) in [7, 11) is 0. The Hall–Kier alpha value is -1.39. The van der Waals surface area contributed by atoms with Crippen LogP contribution in [0.4, 0.5) is 0 Å². The minimum atomic E-state index is 0.136. The van der Waals surface area contributed by atoms with Crippen molar-refractivity contribution in [3.05, 3.63) is 12.4 Å². The van der Waals surface area contributed by atoms with Gasteiger partial charge in [0.25, 0.3) is 0 Å². The van der Waals surface area contributed by atoms with Gasteiger partial charge in [0.1, 0.15) is 0 Å². The molecule has 0 aromatic carbocycles. The van der Waals surface area contributed by atoms with Gasteiger partial charge in [0, 0.05) is 26.2 Å². The van der Waals surface area contributed by atoms with Crippen LogP contribution in [0.2, 0.25) is 0 Å². The SMILES string of the molecule is C=C(N)N1CCN(C(=N)N)CC1. The van der Waals surface area contributed by atoms with E-state index in [9.17, 15) is 0 Å². The molecular formula is C7H15N5. The summed E-state index contributed by atoms with van der Waals surface area (Å²) >= 11 is 0. The van der Waals surface area contributed by atoms with Crippen LogP contribution in [-0.2, 0) is 0 Å². The van der Waals surface area contributed by atoms with Gasteiger partial charge in [-0.15, -0.1) is 0 Å². The van der Waals surface area contributed by atoms with Crippen molar-refractivity contribution >= 4 is 5.96 Å². The van der Waals surface area contributed by atoms with Gasteiger partial charge >= 0.3 is 0 Å². The largest absolute Gasteiger partial charge is 0.386 e. The fraction of sp³-hybridized carbons (Fsp3) is 0.571. The zero-order valence-electron chi connectivity index (χ0n) is 7.08. The van der Waals surface area contributed by atoms with Crippen LogP contribution >= 0.6 is 0 Å². The standard InChI is InChI=1S/C7H15N5/c1-6(8)11-2-4-12(5-3-11)7(9)10/h1-5,8H2,(H3,9,10). The molecule has 68 valence electrons. The molecule has 5 N–H and O–H groups in total. The first-order chi connectivity index (χ1) is 5.61. The molecule has 1 saturated heterocycles. The molecule has 0 radical (unpaired) electrons. The Bertz CT molecular complexity index is 170. The van der Waals surface area contributed by atoms with E-state index >= 15 is 0 Å². The number of nitrogens with two attached hydrogens (primary N) is 2. The number of piperazine rings is 1. The van der Waals surface area contributed by atoms with Gasteiger partial charge in [-0.2, -0.15) is 0 Å². The topological polar surface area (TPSA) is 82.4 Å². The van der Waals surface area contributed by atoms with E-state index in [0.717, 1.165) is 26.2 Å². The molecule has 1 aliphatic rings. The van der Waals surface area contributed by atoms with Crippen molar-refractivity contribution < 1.29 is 0 Å². The van der Waals surface area contributed by atoms with Crippen LogP contribution in [0, 0.1) is 5.41 Å². The Labute approximate surface area is 72.1 Å². The molecule has 5 heteroatoms. The molecular weight excluding hydrogens is 154 g/mol. The lowest BCUT2D eigenvalue weighted by molar-refractivity contribution is 0.218. The lowest BCUT2D eigenvalue weighted by atomic mass is 10.3. The fourth-order valence-corrected chi connectivity index (χ4v) is 1.23. The average molecular weight is 169 g/mol. The highest BCUT2D eigenvalue weighted by atomic mass is 15.3. The van der Waals surface area contributed by atoms with Crippen molar-refractivity contribution in [3.63, 3.8) is 0 Å². The third-order valence-corrected chi connectivity index (χ3v) is 2.03. The number of hydrogen-bond acceptors (Lipinski definition) is 3. The van der Waals surface area contributed by atoms with Gasteiger partial charge in [-0.25, -0.2) is 0 Å². The predicted octanol–water partition coefficient (Wildman–Crippen LogP) is -1.07. The summed E-state index contributed by atoms with van der Waals surface area (Å²) in [4.78, 5) is 3.80. The van der Waals surface area contributed by atoms with Crippen molar-refractivity contribution in [1.29, 1.82) is 5.41 Å². The lowest BCUT2D eigenvalue weighted by Crippen LogP contribution is -2.51.